The lowest BCUT2D eigenvalue weighted by molar-refractivity contribution is -0.131. The highest BCUT2D eigenvalue weighted by molar-refractivity contribution is 5.76. The standard InChI is InChI=1S/C28H31NO4/c1-21-3-5-23(6-4-21)19-32-20-24-9-13-27-25(17-24)18-29(15-16-33-27)28(30)14-10-22-7-11-26(31-2)12-8-22/h3-9,11-13,17H,10,14-16,18-20H2,1-2H3. The summed E-state index contributed by atoms with van der Waals surface area (Å²) < 4.78 is 17.0. The summed E-state index contributed by atoms with van der Waals surface area (Å²) in [5.41, 5.74) is 5.64. The molecule has 4 rings (SSSR count). The van der Waals surface area contributed by atoms with Gasteiger partial charge in [0.2, 0.25) is 5.91 Å². The number of fused-ring (bicyclic) bond motifs is 1. The van der Waals surface area contributed by atoms with E-state index < -0.39 is 0 Å². The molecule has 5 heteroatoms. The molecule has 1 amide bonds. The molecule has 0 fully saturated rings. The highest BCUT2D eigenvalue weighted by Crippen LogP contribution is 2.25. The third-order valence-electron chi connectivity index (χ3n) is 5.90. The molecule has 0 unspecified atom stereocenters. The number of carbonyl (C=O) groups is 1. The molecule has 0 atom stereocenters. The van der Waals surface area contributed by atoms with E-state index in [9.17, 15) is 4.79 Å². The largest absolute Gasteiger partial charge is 0.497 e. The number of carbonyl (C=O) groups excluding carboxylic acids is 1. The van der Waals surface area contributed by atoms with Crippen LogP contribution in [0.2, 0.25) is 0 Å². The summed E-state index contributed by atoms with van der Waals surface area (Å²) in [6.07, 6.45) is 1.18. The van der Waals surface area contributed by atoms with E-state index in [2.05, 4.69) is 37.3 Å². The zero-order chi connectivity index (χ0) is 23.0. The summed E-state index contributed by atoms with van der Waals surface area (Å²) in [5.74, 6) is 1.82. The van der Waals surface area contributed by atoms with E-state index in [1.54, 1.807) is 7.11 Å². The molecule has 0 N–H and O–H groups in total. The van der Waals surface area contributed by atoms with Crippen LogP contribution in [0.5, 0.6) is 11.5 Å². The lowest BCUT2D eigenvalue weighted by Crippen LogP contribution is -2.32. The van der Waals surface area contributed by atoms with Crippen molar-refractivity contribution in [3.05, 3.63) is 94.5 Å². The third kappa shape index (κ3) is 6.36. The number of nitrogens with zero attached hydrogens (tertiary/aromatic N) is 1. The molecule has 1 aliphatic rings. The van der Waals surface area contributed by atoms with Gasteiger partial charge in [-0.05, 0) is 54.3 Å². The predicted octanol–water partition coefficient (Wildman–Crippen LogP) is 5.07. The minimum absolute atomic E-state index is 0.142. The number of ether oxygens (including phenoxy) is 3. The van der Waals surface area contributed by atoms with Gasteiger partial charge in [0.25, 0.3) is 0 Å². The van der Waals surface area contributed by atoms with Crippen molar-refractivity contribution in [1.29, 1.82) is 0 Å². The Labute approximate surface area is 195 Å². The van der Waals surface area contributed by atoms with Crippen LogP contribution in [0.1, 0.15) is 34.2 Å². The Bertz CT molecular complexity index is 1060. The molecule has 0 spiro atoms. The van der Waals surface area contributed by atoms with Crippen molar-refractivity contribution in [3.8, 4) is 11.5 Å². The Balaban J connectivity index is 1.33. The number of rotatable bonds is 8. The lowest BCUT2D eigenvalue weighted by Gasteiger charge is -2.20. The predicted molar refractivity (Wildman–Crippen MR) is 128 cm³/mol. The summed E-state index contributed by atoms with van der Waals surface area (Å²) in [5, 5.41) is 0. The fraction of sp³-hybridized carbons (Fsp3) is 0.321. The van der Waals surface area contributed by atoms with Crippen molar-refractivity contribution in [2.24, 2.45) is 0 Å². The molecule has 33 heavy (non-hydrogen) atoms. The van der Waals surface area contributed by atoms with E-state index in [0.717, 1.165) is 33.8 Å². The number of methoxy groups -OCH3 is 1. The molecular weight excluding hydrogens is 414 g/mol. The lowest BCUT2D eigenvalue weighted by atomic mass is 10.1. The van der Waals surface area contributed by atoms with E-state index in [4.69, 9.17) is 14.2 Å². The summed E-state index contributed by atoms with van der Waals surface area (Å²) in [6.45, 7) is 4.83. The zero-order valence-corrected chi connectivity index (χ0v) is 19.4. The fourth-order valence-corrected chi connectivity index (χ4v) is 3.92. The molecule has 5 nitrogen and oxygen atoms in total. The van der Waals surface area contributed by atoms with Crippen LogP contribution in [0, 0.1) is 6.92 Å². The molecular formula is C28H31NO4. The van der Waals surface area contributed by atoms with Crippen molar-refractivity contribution in [1.82, 2.24) is 4.90 Å². The second-order valence-corrected chi connectivity index (χ2v) is 8.43. The Hall–Kier alpha value is -3.31. The molecule has 0 saturated heterocycles. The first-order valence-corrected chi connectivity index (χ1v) is 11.4. The second-order valence-electron chi connectivity index (χ2n) is 8.43. The van der Waals surface area contributed by atoms with Gasteiger partial charge in [0.15, 0.2) is 0 Å². The Morgan fingerprint density at radius 1 is 0.939 bits per heavy atom. The maximum Gasteiger partial charge on any atom is 0.223 e. The van der Waals surface area contributed by atoms with Crippen LogP contribution in [-0.4, -0.2) is 31.1 Å². The molecule has 0 saturated carbocycles. The highest BCUT2D eigenvalue weighted by atomic mass is 16.5. The first-order valence-electron chi connectivity index (χ1n) is 11.4. The minimum Gasteiger partial charge on any atom is -0.497 e. The first-order chi connectivity index (χ1) is 16.1. The van der Waals surface area contributed by atoms with E-state index in [0.29, 0.717) is 45.8 Å². The number of hydrogen-bond acceptors (Lipinski definition) is 4. The summed E-state index contributed by atoms with van der Waals surface area (Å²) >= 11 is 0. The van der Waals surface area contributed by atoms with E-state index in [-0.39, 0.29) is 5.91 Å². The minimum atomic E-state index is 0.142. The molecule has 1 heterocycles. The fourth-order valence-electron chi connectivity index (χ4n) is 3.92. The maximum absolute atomic E-state index is 12.9. The van der Waals surface area contributed by atoms with Gasteiger partial charge in [0, 0.05) is 18.5 Å². The van der Waals surface area contributed by atoms with E-state index >= 15 is 0 Å². The summed E-state index contributed by atoms with van der Waals surface area (Å²) in [7, 11) is 1.65. The molecule has 0 radical (unpaired) electrons. The van der Waals surface area contributed by atoms with Crippen molar-refractivity contribution in [3.63, 3.8) is 0 Å². The van der Waals surface area contributed by atoms with Gasteiger partial charge in [-0.15, -0.1) is 0 Å². The average molecular weight is 446 g/mol. The van der Waals surface area contributed by atoms with E-state index in [1.165, 1.54) is 5.56 Å². The van der Waals surface area contributed by atoms with Crippen LogP contribution in [0.25, 0.3) is 0 Å². The van der Waals surface area contributed by atoms with Gasteiger partial charge in [-0.1, -0.05) is 48.0 Å². The van der Waals surface area contributed by atoms with Crippen molar-refractivity contribution in [2.75, 3.05) is 20.3 Å². The van der Waals surface area contributed by atoms with Crippen LogP contribution in [-0.2, 0) is 35.7 Å². The van der Waals surface area contributed by atoms with Crippen LogP contribution >= 0.6 is 0 Å². The van der Waals surface area contributed by atoms with Crippen molar-refractivity contribution < 1.29 is 19.0 Å². The number of amides is 1. The SMILES string of the molecule is COc1ccc(CCC(=O)N2CCOc3ccc(COCc4ccc(C)cc4)cc3C2)cc1. The molecule has 3 aromatic carbocycles. The van der Waals surface area contributed by atoms with Gasteiger partial charge >= 0.3 is 0 Å². The van der Waals surface area contributed by atoms with Gasteiger partial charge in [0.1, 0.15) is 18.1 Å². The Morgan fingerprint density at radius 3 is 2.39 bits per heavy atom. The second kappa shape index (κ2) is 11.0. The topological polar surface area (TPSA) is 48.0 Å². The monoisotopic (exact) mass is 445 g/mol. The number of aryl methyl sites for hydroxylation is 2. The van der Waals surface area contributed by atoms with Gasteiger partial charge in [-0.25, -0.2) is 0 Å². The molecule has 1 aliphatic heterocycles. The normalized spacial score (nSPS) is 13.1. The maximum atomic E-state index is 12.9. The smallest absolute Gasteiger partial charge is 0.223 e. The first kappa shape index (κ1) is 22.9. The van der Waals surface area contributed by atoms with Crippen LogP contribution in [0.3, 0.4) is 0 Å². The van der Waals surface area contributed by atoms with Gasteiger partial charge in [-0.3, -0.25) is 4.79 Å². The number of hydrogen-bond donors (Lipinski definition) is 0. The zero-order valence-electron chi connectivity index (χ0n) is 19.4. The molecule has 0 aromatic heterocycles. The quantitative estimate of drug-likeness (QED) is 0.486. The summed E-state index contributed by atoms with van der Waals surface area (Å²) in [6, 6.07) is 22.4. The van der Waals surface area contributed by atoms with Gasteiger partial charge < -0.3 is 19.1 Å². The average Bonchev–Trinajstić information content (AvgIpc) is 3.06. The Kier molecular flexibility index (Phi) is 7.63. The van der Waals surface area contributed by atoms with Crippen LogP contribution < -0.4 is 9.47 Å². The summed E-state index contributed by atoms with van der Waals surface area (Å²) in [4.78, 5) is 14.8. The van der Waals surface area contributed by atoms with Gasteiger partial charge in [0.05, 0.1) is 26.9 Å². The molecule has 172 valence electrons. The highest BCUT2D eigenvalue weighted by Gasteiger charge is 2.20. The van der Waals surface area contributed by atoms with Crippen LogP contribution in [0.4, 0.5) is 0 Å². The number of benzene rings is 3. The third-order valence-corrected chi connectivity index (χ3v) is 5.90. The molecule has 3 aromatic rings. The Morgan fingerprint density at radius 2 is 1.64 bits per heavy atom. The molecule has 0 bridgehead atoms. The van der Waals surface area contributed by atoms with Crippen LogP contribution in [0.15, 0.2) is 66.7 Å². The molecule has 0 aliphatic carbocycles. The van der Waals surface area contributed by atoms with Gasteiger partial charge in [-0.2, -0.15) is 0 Å². The van der Waals surface area contributed by atoms with E-state index in [1.807, 2.05) is 41.3 Å². The van der Waals surface area contributed by atoms with Crippen molar-refractivity contribution >= 4 is 5.91 Å². The van der Waals surface area contributed by atoms with Crippen molar-refractivity contribution in [2.45, 2.75) is 39.5 Å².